The molecule has 0 radical (unpaired) electrons. The minimum atomic E-state index is -1.08. The second-order valence-corrected chi connectivity index (χ2v) is 2.72. The van der Waals surface area contributed by atoms with Crippen LogP contribution in [-0.4, -0.2) is 23.0 Å². The SMILES string of the molecule is CC(=O)[O-].C[S+](C)[O-].[Na+]. The molecule has 3 nitrogen and oxygen atoms in total. The van der Waals surface area contributed by atoms with Gasteiger partial charge in [0.1, 0.15) is 0 Å². The Morgan fingerprint density at radius 2 is 1.44 bits per heavy atom. The number of aliphatic carboxylic acids is 1. The molecule has 0 aliphatic rings. The Hall–Kier alpha value is 0.780. The van der Waals surface area contributed by atoms with E-state index >= 15 is 0 Å². The summed E-state index contributed by atoms with van der Waals surface area (Å²) >= 11 is -0.611. The molecule has 0 aliphatic carbocycles. The van der Waals surface area contributed by atoms with E-state index in [2.05, 4.69) is 0 Å². The van der Waals surface area contributed by atoms with Gasteiger partial charge in [-0.05, 0) is 6.92 Å². The molecule has 9 heavy (non-hydrogen) atoms. The zero-order valence-corrected chi connectivity index (χ0v) is 8.95. The second-order valence-electron chi connectivity index (χ2n) is 1.23. The number of carboxylic acids is 1. The molecular formula is C4H9NaO3S. The average Bonchev–Trinajstić information content (AvgIpc) is 1.25. The molecule has 0 unspecified atom stereocenters. The van der Waals surface area contributed by atoms with Crippen molar-refractivity contribution in [1.82, 2.24) is 0 Å². The number of hydrogen-bond acceptors (Lipinski definition) is 3. The summed E-state index contributed by atoms with van der Waals surface area (Å²) in [6, 6.07) is 0. The predicted octanol–water partition coefficient (Wildman–Crippen LogP) is -4.25. The van der Waals surface area contributed by atoms with Crippen LogP contribution in [0, 0.1) is 0 Å². The van der Waals surface area contributed by atoms with Gasteiger partial charge in [-0.3, -0.25) is 0 Å². The first-order valence-corrected chi connectivity index (χ1v) is 3.86. The molecular weight excluding hydrogens is 151 g/mol. The summed E-state index contributed by atoms with van der Waals surface area (Å²) in [6.45, 7) is 0.972. The molecule has 0 fully saturated rings. The standard InChI is InChI=1S/C2H4O2.C2H6OS.Na/c1-2(3)4;1-4(2)3;/h1H3,(H,3,4);1-2H3;/q;;+1/p-1. The van der Waals surface area contributed by atoms with Crippen LogP contribution in [0.2, 0.25) is 0 Å². The largest absolute Gasteiger partial charge is 1.00 e. The van der Waals surface area contributed by atoms with Crippen molar-refractivity contribution >= 4 is 17.1 Å². The van der Waals surface area contributed by atoms with E-state index in [0.29, 0.717) is 0 Å². The molecule has 0 atom stereocenters. The summed E-state index contributed by atoms with van der Waals surface area (Å²) in [5, 5.41) is 8.89. The van der Waals surface area contributed by atoms with E-state index in [1.165, 1.54) is 0 Å². The van der Waals surface area contributed by atoms with Gasteiger partial charge in [0.25, 0.3) is 0 Å². The summed E-state index contributed by atoms with van der Waals surface area (Å²) in [4.78, 5) is 8.89. The van der Waals surface area contributed by atoms with Crippen LogP contribution in [0.25, 0.3) is 0 Å². The summed E-state index contributed by atoms with van der Waals surface area (Å²) < 4.78 is 9.56. The van der Waals surface area contributed by atoms with E-state index < -0.39 is 17.1 Å². The summed E-state index contributed by atoms with van der Waals surface area (Å²) in [5.74, 6) is -1.08. The zero-order chi connectivity index (χ0) is 7.15. The Balaban J connectivity index is -0.0000000720. The normalized spacial score (nSPS) is 6.78. The van der Waals surface area contributed by atoms with Crippen LogP contribution in [0.15, 0.2) is 0 Å². The van der Waals surface area contributed by atoms with Crippen LogP contribution >= 0.6 is 0 Å². The van der Waals surface area contributed by atoms with Crippen LogP contribution in [0.3, 0.4) is 0 Å². The fourth-order valence-corrected chi connectivity index (χ4v) is 0. The number of carbonyl (C=O) groups is 1. The third-order valence-electron chi connectivity index (χ3n) is 0. The van der Waals surface area contributed by atoms with Crippen LogP contribution < -0.4 is 34.7 Å². The van der Waals surface area contributed by atoms with Gasteiger partial charge in [-0.15, -0.1) is 0 Å². The molecule has 50 valence electrons. The molecule has 0 spiro atoms. The third kappa shape index (κ3) is 663. The van der Waals surface area contributed by atoms with E-state index in [1.807, 2.05) is 0 Å². The van der Waals surface area contributed by atoms with E-state index in [4.69, 9.17) is 9.90 Å². The maximum Gasteiger partial charge on any atom is 1.00 e. The molecule has 0 bridgehead atoms. The fourth-order valence-electron chi connectivity index (χ4n) is 0. The summed E-state index contributed by atoms with van der Waals surface area (Å²) in [6.07, 6.45) is 3.28. The van der Waals surface area contributed by atoms with Gasteiger partial charge in [-0.2, -0.15) is 0 Å². The van der Waals surface area contributed by atoms with Crippen molar-refractivity contribution < 1.29 is 44.0 Å². The summed E-state index contributed by atoms with van der Waals surface area (Å²) in [7, 11) is 0. The smallest absolute Gasteiger partial charge is 0.617 e. The van der Waals surface area contributed by atoms with E-state index in [0.717, 1.165) is 6.92 Å². The number of carbonyl (C=O) groups excluding carboxylic acids is 1. The van der Waals surface area contributed by atoms with Gasteiger partial charge in [-0.25, -0.2) is 0 Å². The van der Waals surface area contributed by atoms with E-state index in [1.54, 1.807) is 12.5 Å². The second kappa shape index (κ2) is 11.6. The van der Waals surface area contributed by atoms with Gasteiger partial charge in [0.2, 0.25) is 0 Å². The first kappa shape index (κ1) is 16.4. The van der Waals surface area contributed by atoms with E-state index in [9.17, 15) is 4.55 Å². The van der Waals surface area contributed by atoms with Crippen LogP contribution in [0.4, 0.5) is 0 Å². The number of carboxylic acid groups (broad SMARTS) is 1. The molecule has 0 saturated carbocycles. The first-order chi connectivity index (χ1) is 3.46. The minimum absolute atomic E-state index is 0. The zero-order valence-electron chi connectivity index (χ0n) is 6.13. The molecule has 0 aromatic rings. The molecule has 0 aliphatic heterocycles. The minimum Gasteiger partial charge on any atom is -0.617 e. The molecule has 0 amide bonds. The van der Waals surface area contributed by atoms with Gasteiger partial charge in [0.05, 0.1) is 12.5 Å². The Labute approximate surface area is 80.3 Å². The van der Waals surface area contributed by atoms with Crippen molar-refractivity contribution in [3.63, 3.8) is 0 Å². The monoisotopic (exact) mass is 160 g/mol. The van der Waals surface area contributed by atoms with Gasteiger partial charge in [0, 0.05) is 5.97 Å². The quantitative estimate of drug-likeness (QED) is 0.266. The molecule has 0 N–H and O–H groups in total. The molecule has 0 rings (SSSR count). The molecule has 0 aromatic heterocycles. The van der Waals surface area contributed by atoms with Crippen LogP contribution in [0.5, 0.6) is 0 Å². The average molecular weight is 160 g/mol. The van der Waals surface area contributed by atoms with Crippen molar-refractivity contribution in [1.29, 1.82) is 0 Å². The van der Waals surface area contributed by atoms with Crippen LogP contribution in [-0.2, 0) is 16.0 Å². The Morgan fingerprint density at radius 1 is 1.44 bits per heavy atom. The van der Waals surface area contributed by atoms with E-state index in [-0.39, 0.29) is 29.6 Å². The van der Waals surface area contributed by atoms with Gasteiger partial charge in [-0.1, -0.05) is 11.2 Å². The van der Waals surface area contributed by atoms with Crippen molar-refractivity contribution in [2.45, 2.75) is 6.92 Å². The van der Waals surface area contributed by atoms with Crippen molar-refractivity contribution in [2.75, 3.05) is 12.5 Å². The molecule has 5 heteroatoms. The van der Waals surface area contributed by atoms with Gasteiger partial charge < -0.3 is 14.5 Å². The molecule has 0 heterocycles. The Morgan fingerprint density at radius 3 is 1.44 bits per heavy atom. The van der Waals surface area contributed by atoms with Gasteiger partial charge >= 0.3 is 29.6 Å². The fraction of sp³-hybridized carbons (Fsp3) is 0.750. The molecule has 0 saturated heterocycles. The number of rotatable bonds is 0. The van der Waals surface area contributed by atoms with Gasteiger partial charge in [0.15, 0.2) is 0 Å². The number of hydrogen-bond donors (Lipinski definition) is 0. The van der Waals surface area contributed by atoms with Crippen molar-refractivity contribution in [3.05, 3.63) is 0 Å². The van der Waals surface area contributed by atoms with Crippen molar-refractivity contribution in [2.24, 2.45) is 0 Å². The third-order valence-corrected chi connectivity index (χ3v) is 0. The maximum atomic E-state index is 9.56. The van der Waals surface area contributed by atoms with Crippen LogP contribution in [0.1, 0.15) is 6.92 Å². The topological polar surface area (TPSA) is 63.2 Å². The predicted molar refractivity (Wildman–Crippen MR) is 30.7 cm³/mol. The first-order valence-electron chi connectivity index (χ1n) is 1.89. The van der Waals surface area contributed by atoms with Crippen molar-refractivity contribution in [3.8, 4) is 0 Å². The molecule has 0 aromatic carbocycles. The maximum absolute atomic E-state index is 9.56. The summed E-state index contributed by atoms with van der Waals surface area (Å²) in [5.41, 5.74) is 0. The Kier molecular flexibility index (Phi) is 21.1. The Bertz CT molecular complexity index is 60.1.